The van der Waals surface area contributed by atoms with Gasteiger partial charge in [-0.3, -0.25) is 4.79 Å². The van der Waals surface area contributed by atoms with Crippen LogP contribution in [0, 0.1) is 13.8 Å². The molecule has 1 N–H and O–H groups in total. The summed E-state index contributed by atoms with van der Waals surface area (Å²) in [6.07, 6.45) is 1.73. The van der Waals surface area contributed by atoms with Gasteiger partial charge in [-0.15, -0.1) is 0 Å². The summed E-state index contributed by atoms with van der Waals surface area (Å²) in [5.41, 5.74) is 5.56. The van der Waals surface area contributed by atoms with Crippen molar-refractivity contribution >= 4 is 5.91 Å². The first-order valence-electron chi connectivity index (χ1n) is 6.34. The average molecular weight is 231 g/mol. The van der Waals surface area contributed by atoms with Crippen LogP contribution in [0.15, 0.2) is 12.1 Å². The van der Waals surface area contributed by atoms with E-state index in [0.717, 1.165) is 6.42 Å². The molecule has 2 nitrogen and oxygen atoms in total. The lowest BCUT2D eigenvalue weighted by Gasteiger charge is -2.12. The van der Waals surface area contributed by atoms with Crippen LogP contribution in [0.1, 0.15) is 53.9 Å². The van der Waals surface area contributed by atoms with Crippen molar-refractivity contribution in [3.8, 4) is 0 Å². The van der Waals surface area contributed by atoms with Crippen LogP contribution >= 0.6 is 0 Å². The van der Waals surface area contributed by atoms with Gasteiger partial charge in [-0.25, -0.2) is 0 Å². The van der Waals surface area contributed by atoms with E-state index in [9.17, 15) is 4.79 Å². The Labute approximate surface area is 103 Å². The highest BCUT2D eigenvalue weighted by Gasteiger charge is 2.30. The smallest absolute Gasteiger partial charge is 0.220 e. The Bertz CT molecular complexity index is 450. The number of benzene rings is 1. The molecule has 1 aliphatic carbocycles. The number of hydrogen-bond acceptors (Lipinski definition) is 1. The molecule has 0 saturated heterocycles. The van der Waals surface area contributed by atoms with Crippen molar-refractivity contribution in [2.75, 3.05) is 7.05 Å². The van der Waals surface area contributed by atoms with Gasteiger partial charge in [0, 0.05) is 13.5 Å². The molecule has 2 atom stereocenters. The molecule has 0 aliphatic heterocycles. The molecule has 2 heteroatoms. The molecule has 0 saturated carbocycles. The summed E-state index contributed by atoms with van der Waals surface area (Å²) in [6.45, 7) is 6.59. The molecule has 1 aromatic rings. The lowest BCUT2D eigenvalue weighted by Crippen LogP contribution is -2.19. The molecule has 0 radical (unpaired) electrons. The molecule has 1 aliphatic rings. The molecule has 92 valence electrons. The second-order valence-corrected chi connectivity index (χ2v) is 5.30. The summed E-state index contributed by atoms with van der Waals surface area (Å²) in [4.78, 5) is 11.5. The van der Waals surface area contributed by atoms with Crippen LogP contribution in [0.4, 0.5) is 0 Å². The van der Waals surface area contributed by atoms with Gasteiger partial charge in [0.15, 0.2) is 0 Å². The number of rotatable bonds is 2. The van der Waals surface area contributed by atoms with Gasteiger partial charge >= 0.3 is 0 Å². The van der Waals surface area contributed by atoms with E-state index in [1.807, 2.05) is 0 Å². The second-order valence-electron chi connectivity index (χ2n) is 5.30. The van der Waals surface area contributed by atoms with Crippen LogP contribution in [0.25, 0.3) is 0 Å². The number of carbonyl (C=O) groups is 1. The van der Waals surface area contributed by atoms with Crippen molar-refractivity contribution in [1.29, 1.82) is 0 Å². The molecule has 0 bridgehead atoms. The Morgan fingerprint density at radius 1 is 1.41 bits per heavy atom. The van der Waals surface area contributed by atoms with Crippen molar-refractivity contribution in [2.24, 2.45) is 0 Å². The zero-order valence-electron chi connectivity index (χ0n) is 11.1. The largest absolute Gasteiger partial charge is 0.359 e. The molecule has 2 rings (SSSR count). The van der Waals surface area contributed by atoms with E-state index in [2.05, 4.69) is 38.2 Å². The van der Waals surface area contributed by atoms with Crippen LogP contribution in [0.5, 0.6) is 0 Å². The first-order valence-corrected chi connectivity index (χ1v) is 6.34. The van der Waals surface area contributed by atoms with E-state index in [4.69, 9.17) is 0 Å². The van der Waals surface area contributed by atoms with Crippen molar-refractivity contribution in [3.63, 3.8) is 0 Å². The fourth-order valence-electron chi connectivity index (χ4n) is 3.21. The fourth-order valence-corrected chi connectivity index (χ4v) is 3.21. The topological polar surface area (TPSA) is 29.1 Å². The Morgan fingerprint density at radius 2 is 2.12 bits per heavy atom. The zero-order chi connectivity index (χ0) is 12.6. The molecule has 1 aromatic carbocycles. The average Bonchev–Trinajstić information content (AvgIpc) is 2.55. The number of hydrogen-bond donors (Lipinski definition) is 1. The summed E-state index contributed by atoms with van der Waals surface area (Å²) in [7, 11) is 1.71. The van der Waals surface area contributed by atoms with Gasteiger partial charge in [0.05, 0.1) is 0 Å². The van der Waals surface area contributed by atoms with E-state index in [1.165, 1.54) is 22.3 Å². The highest BCUT2D eigenvalue weighted by atomic mass is 16.1. The number of fused-ring (bicyclic) bond motifs is 1. The van der Waals surface area contributed by atoms with E-state index >= 15 is 0 Å². The van der Waals surface area contributed by atoms with Gasteiger partial charge in [-0.2, -0.15) is 0 Å². The third-order valence-electron chi connectivity index (χ3n) is 3.84. The molecular weight excluding hydrogens is 210 g/mol. The normalized spacial score (nSPS) is 22.4. The molecule has 0 heterocycles. The molecule has 17 heavy (non-hydrogen) atoms. The minimum Gasteiger partial charge on any atom is -0.359 e. The van der Waals surface area contributed by atoms with Crippen molar-refractivity contribution in [1.82, 2.24) is 5.32 Å². The third kappa shape index (κ3) is 2.21. The van der Waals surface area contributed by atoms with Crippen LogP contribution < -0.4 is 5.32 Å². The maximum atomic E-state index is 11.5. The van der Waals surface area contributed by atoms with Gasteiger partial charge < -0.3 is 5.32 Å². The predicted octanol–water partition coefficient (Wildman–Crippen LogP) is 3.03. The van der Waals surface area contributed by atoms with Crippen molar-refractivity contribution in [3.05, 3.63) is 34.4 Å². The molecular formula is C15H21NO. The minimum absolute atomic E-state index is 0.147. The van der Waals surface area contributed by atoms with Crippen molar-refractivity contribution in [2.45, 2.75) is 45.4 Å². The third-order valence-corrected chi connectivity index (χ3v) is 3.84. The summed E-state index contributed by atoms with van der Waals surface area (Å²) in [5.74, 6) is 1.13. The fraction of sp³-hybridized carbons (Fsp3) is 0.533. The van der Waals surface area contributed by atoms with Gasteiger partial charge in [0.25, 0.3) is 0 Å². The highest BCUT2D eigenvalue weighted by molar-refractivity contribution is 5.77. The van der Waals surface area contributed by atoms with Crippen LogP contribution in [-0.4, -0.2) is 13.0 Å². The summed E-state index contributed by atoms with van der Waals surface area (Å²) >= 11 is 0. The second kappa shape index (κ2) is 4.52. The monoisotopic (exact) mass is 231 g/mol. The molecule has 1 amide bonds. The quantitative estimate of drug-likeness (QED) is 0.833. The standard InChI is InChI=1S/C15H21NO/c1-9-5-10(2)15-11(3)7-12(13(15)6-9)8-14(17)16-4/h5-6,11-12H,7-8H2,1-4H3,(H,16,17). The van der Waals surface area contributed by atoms with Gasteiger partial charge in [-0.05, 0) is 48.8 Å². The maximum Gasteiger partial charge on any atom is 0.220 e. The van der Waals surface area contributed by atoms with Crippen LogP contribution in [0.2, 0.25) is 0 Å². The maximum absolute atomic E-state index is 11.5. The van der Waals surface area contributed by atoms with Crippen LogP contribution in [0.3, 0.4) is 0 Å². The van der Waals surface area contributed by atoms with Gasteiger partial charge in [-0.1, -0.05) is 24.6 Å². The molecule has 0 aromatic heterocycles. The van der Waals surface area contributed by atoms with E-state index in [0.29, 0.717) is 18.3 Å². The minimum atomic E-state index is 0.147. The van der Waals surface area contributed by atoms with E-state index < -0.39 is 0 Å². The molecule has 2 unspecified atom stereocenters. The summed E-state index contributed by atoms with van der Waals surface area (Å²) in [6, 6.07) is 4.51. The van der Waals surface area contributed by atoms with Crippen molar-refractivity contribution < 1.29 is 4.79 Å². The Balaban J connectivity index is 2.36. The zero-order valence-corrected chi connectivity index (χ0v) is 11.1. The lowest BCUT2D eigenvalue weighted by atomic mass is 9.94. The number of amides is 1. The Hall–Kier alpha value is -1.31. The Kier molecular flexibility index (Phi) is 3.23. The number of nitrogens with one attached hydrogen (secondary N) is 1. The van der Waals surface area contributed by atoms with Gasteiger partial charge in [0.1, 0.15) is 0 Å². The molecule has 0 spiro atoms. The number of carbonyl (C=O) groups excluding carboxylic acids is 1. The lowest BCUT2D eigenvalue weighted by molar-refractivity contribution is -0.121. The number of aryl methyl sites for hydroxylation is 2. The first-order chi connectivity index (χ1) is 8.02. The Morgan fingerprint density at radius 3 is 2.76 bits per heavy atom. The summed E-state index contributed by atoms with van der Waals surface area (Å²) < 4.78 is 0. The SMILES string of the molecule is CNC(=O)CC1CC(C)c2c(C)cc(C)cc21. The van der Waals surface area contributed by atoms with Gasteiger partial charge in [0.2, 0.25) is 5.91 Å². The highest BCUT2D eigenvalue weighted by Crippen LogP contribution is 2.45. The van der Waals surface area contributed by atoms with Crippen LogP contribution in [-0.2, 0) is 4.79 Å². The van der Waals surface area contributed by atoms with E-state index in [1.54, 1.807) is 7.05 Å². The summed E-state index contributed by atoms with van der Waals surface area (Å²) in [5, 5.41) is 2.73. The first kappa shape index (κ1) is 12.2. The molecule has 0 fully saturated rings. The predicted molar refractivity (Wildman–Crippen MR) is 70.4 cm³/mol. The van der Waals surface area contributed by atoms with E-state index in [-0.39, 0.29) is 5.91 Å².